The van der Waals surface area contributed by atoms with Gasteiger partial charge in [0, 0.05) is 4.47 Å². The van der Waals surface area contributed by atoms with Crippen molar-refractivity contribution < 1.29 is 14.3 Å². The molecule has 0 radical (unpaired) electrons. The van der Waals surface area contributed by atoms with Crippen molar-refractivity contribution >= 4 is 21.9 Å². The van der Waals surface area contributed by atoms with Gasteiger partial charge in [-0.15, -0.1) is 0 Å². The highest BCUT2D eigenvalue weighted by atomic mass is 79.9. The monoisotopic (exact) mass is 396 g/mol. The van der Waals surface area contributed by atoms with Crippen molar-refractivity contribution in [1.82, 2.24) is 0 Å². The zero-order valence-corrected chi connectivity index (χ0v) is 15.1. The summed E-state index contributed by atoms with van der Waals surface area (Å²) in [6.07, 6.45) is 0. The van der Waals surface area contributed by atoms with Crippen LogP contribution in [0.5, 0.6) is 5.75 Å². The lowest BCUT2D eigenvalue weighted by molar-refractivity contribution is 0.0471. The highest BCUT2D eigenvalue weighted by molar-refractivity contribution is 9.10. The summed E-state index contributed by atoms with van der Waals surface area (Å²) in [5.74, 6) is 0.236. The van der Waals surface area contributed by atoms with Crippen LogP contribution in [0.2, 0.25) is 0 Å². The smallest absolute Gasteiger partial charge is 0.339 e. The third-order valence-electron chi connectivity index (χ3n) is 3.62. The highest BCUT2D eigenvalue weighted by Crippen LogP contribution is 2.24. The highest BCUT2D eigenvalue weighted by Gasteiger charge is 2.13. The van der Waals surface area contributed by atoms with Crippen molar-refractivity contribution in [3.63, 3.8) is 0 Å². The lowest BCUT2D eigenvalue weighted by atomic mass is 10.2. The van der Waals surface area contributed by atoms with Gasteiger partial charge in [0.05, 0.1) is 5.56 Å². The van der Waals surface area contributed by atoms with Gasteiger partial charge in [-0.1, -0.05) is 60.7 Å². The summed E-state index contributed by atoms with van der Waals surface area (Å²) >= 11 is 3.40. The van der Waals surface area contributed by atoms with E-state index in [-0.39, 0.29) is 12.6 Å². The van der Waals surface area contributed by atoms with Gasteiger partial charge in [0.25, 0.3) is 0 Å². The van der Waals surface area contributed by atoms with Crippen LogP contribution < -0.4 is 4.74 Å². The first-order valence-corrected chi connectivity index (χ1v) is 8.69. The normalized spacial score (nSPS) is 10.3. The summed E-state index contributed by atoms with van der Waals surface area (Å²) < 4.78 is 11.8. The van der Waals surface area contributed by atoms with Gasteiger partial charge in [-0.3, -0.25) is 0 Å². The second kappa shape index (κ2) is 8.49. The van der Waals surface area contributed by atoms with E-state index in [1.165, 1.54) is 0 Å². The van der Waals surface area contributed by atoms with Crippen molar-refractivity contribution in [2.75, 3.05) is 0 Å². The fourth-order valence-electron chi connectivity index (χ4n) is 2.29. The molecule has 0 aliphatic rings. The number of benzene rings is 3. The Bertz CT molecular complexity index is 832. The predicted molar refractivity (Wildman–Crippen MR) is 100 cm³/mol. The van der Waals surface area contributed by atoms with Crippen LogP contribution >= 0.6 is 15.9 Å². The van der Waals surface area contributed by atoms with Crippen molar-refractivity contribution in [3.05, 3.63) is 100 Å². The number of halogens is 1. The Morgan fingerprint density at radius 1 is 0.800 bits per heavy atom. The molecule has 4 heteroatoms. The van der Waals surface area contributed by atoms with E-state index < -0.39 is 0 Å². The van der Waals surface area contributed by atoms with Gasteiger partial charge in [0.2, 0.25) is 0 Å². The minimum absolute atomic E-state index is 0.237. The minimum atomic E-state index is -0.388. The second-order valence-electron chi connectivity index (χ2n) is 5.48. The molecule has 0 saturated heterocycles. The molecule has 0 aliphatic carbocycles. The fourth-order valence-corrected chi connectivity index (χ4v) is 2.70. The van der Waals surface area contributed by atoms with Gasteiger partial charge in [0.1, 0.15) is 19.0 Å². The van der Waals surface area contributed by atoms with Crippen LogP contribution in [-0.4, -0.2) is 5.97 Å². The molecule has 0 unspecified atom stereocenters. The average molecular weight is 397 g/mol. The van der Waals surface area contributed by atoms with Crippen LogP contribution in [0.4, 0.5) is 0 Å². The molecule has 3 rings (SSSR count). The molecular formula is C21H17BrO3. The standard InChI is InChI=1S/C21H17BrO3/c22-20-12-11-18(24-14-16-7-3-1-4-8-16)13-19(20)21(23)25-15-17-9-5-2-6-10-17/h1-13H,14-15H2. The van der Waals surface area contributed by atoms with Gasteiger partial charge in [-0.05, 0) is 45.3 Å². The van der Waals surface area contributed by atoms with E-state index in [9.17, 15) is 4.79 Å². The first kappa shape index (κ1) is 17.2. The van der Waals surface area contributed by atoms with Crippen LogP contribution in [0, 0.1) is 0 Å². The SMILES string of the molecule is O=C(OCc1ccccc1)c1cc(OCc2ccccc2)ccc1Br. The summed E-state index contributed by atoms with van der Waals surface area (Å²) in [6.45, 7) is 0.683. The first-order chi connectivity index (χ1) is 12.2. The van der Waals surface area contributed by atoms with Crippen molar-refractivity contribution in [2.45, 2.75) is 13.2 Å². The average Bonchev–Trinajstić information content (AvgIpc) is 2.67. The Kier molecular flexibility index (Phi) is 5.86. The number of esters is 1. The molecule has 0 bridgehead atoms. The molecule has 126 valence electrons. The van der Waals surface area contributed by atoms with Gasteiger partial charge in [0.15, 0.2) is 0 Å². The maximum atomic E-state index is 12.4. The van der Waals surface area contributed by atoms with E-state index in [1.54, 1.807) is 12.1 Å². The third-order valence-corrected chi connectivity index (χ3v) is 4.31. The quantitative estimate of drug-likeness (QED) is 0.524. The molecule has 0 N–H and O–H groups in total. The predicted octanol–water partition coefficient (Wildman–Crippen LogP) is 5.39. The van der Waals surface area contributed by atoms with Crippen LogP contribution in [0.25, 0.3) is 0 Å². The molecule has 25 heavy (non-hydrogen) atoms. The third kappa shape index (κ3) is 4.94. The molecule has 0 heterocycles. The van der Waals surface area contributed by atoms with Crippen LogP contribution in [0.1, 0.15) is 21.5 Å². The molecular weight excluding hydrogens is 380 g/mol. The van der Waals surface area contributed by atoms with Crippen LogP contribution in [0.3, 0.4) is 0 Å². The zero-order valence-electron chi connectivity index (χ0n) is 13.5. The van der Waals surface area contributed by atoms with Gasteiger partial charge in [-0.2, -0.15) is 0 Å². The van der Waals surface area contributed by atoms with E-state index >= 15 is 0 Å². The van der Waals surface area contributed by atoms with Crippen LogP contribution in [-0.2, 0) is 18.0 Å². The molecule has 3 aromatic rings. The molecule has 0 spiro atoms. The minimum Gasteiger partial charge on any atom is -0.489 e. The van der Waals surface area contributed by atoms with Gasteiger partial charge >= 0.3 is 5.97 Å². The Hall–Kier alpha value is -2.59. The first-order valence-electron chi connectivity index (χ1n) is 7.90. The molecule has 0 atom stereocenters. The largest absolute Gasteiger partial charge is 0.489 e. The number of ether oxygens (including phenoxy) is 2. The summed E-state index contributed by atoms with van der Waals surface area (Å²) in [4.78, 5) is 12.4. The molecule has 3 nitrogen and oxygen atoms in total. The number of hydrogen-bond acceptors (Lipinski definition) is 3. The lowest BCUT2D eigenvalue weighted by Crippen LogP contribution is -2.07. The lowest BCUT2D eigenvalue weighted by Gasteiger charge is -2.10. The van der Waals surface area contributed by atoms with E-state index in [1.807, 2.05) is 66.7 Å². The van der Waals surface area contributed by atoms with Gasteiger partial charge < -0.3 is 9.47 Å². The Balaban J connectivity index is 1.65. The van der Waals surface area contributed by atoms with Crippen LogP contribution in [0.15, 0.2) is 83.3 Å². The number of carbonyl (C=O) groups excluding carboxylic acids is 1. The molecule has 0 aliphatic heterocycles. The summed E-state index contributed by atoms with van der Waals surface area (Å²) in [5.41, 5.74) is 2.46. The number of carbonyl (C=O) groups is 1. The maximum absolute atomic E-state index is 12.4. The summed E-state index contributed by atoms with van der Waals surface area (Å²) in [5, 5.41) is 0. The Labute approximate surface area is 155 Å². The fraction of sp³-hybridized carbons (Fsp3) is 0.0952. The summed E-state index contributed by atoms with van der Waals surface area (Å²) in [7, 11) is 0. The molecule has 0 saturated carbocycles. The number of rotatable bonds is 6. The topological polar surface area (TPSA) is 35.5 Å². The molecule has 0 aromatic heterocycles. The Morgan fingerprint density at radius 3 is 2.04 bits per heavy atom. The zero-order chi connectivity index (χ0) is 17.5. The van der Waals surface area contributed by atoms with Gasteiger partial charge in [-0.25, -0.2) is 4.79 Å². The van der Waals surface area contributed by atoms with E-state index in [4.69, 9.17) is 9.47 Å². The molecule has 3 aromatic carbocycles. The maximum Gasteiger partial charge on any atom is 0.339 e. The second-order valence-corrected chi connectivity index (χ2v) is 6.33. The molecule has 0 fully saturated rings. The number of hydrogen-bond donors (Lipinski definition) is 0. The summed E-state index contributed by atoms with van der Waals surface area (Å²) in [6, 6.07) is 24.8. The molecule has 0 amide bonds. The van der Waals surface area contributed by atoms with E-state index in [0.717, 1.165) is 11.1 Å². The van der Waals surface area contributed by atoms with E-state index in [0.29, 0.717) is 22.4 Å². The van der Waals surface area contributed by atoms with E-state index in [2.05, 4.69) is 15.9 Å². The Morgan fingerprint density at radius 2 is 1.40 bits per heavy atom. The van der Waals surface area contributed by atoms with Crippen molar-refractivity contribution in [2.24, 2.45) is 0 Å². The van der Waals surface area contributed by atoms with Crippen molar-refractivity contribution in [3.8, 4) is 5.75 Å². The van der Waals surface area contributed by atoms with Crippen molar-refractivity contribution in [1.29, 1.82) is 0 Å².